The molecule has 3 aromatic rings. The molecule has 0 unspecified atom stereocenters. The molecule has 5 N–H and O–H groups in total. The Morgan fingerprint density at radius 3 is 2.61 bits per heavy atom. The molecule has 2 amide bonds. The number of pyridine rings is 1. The summed E-state index contributed by atoms with van der Waals surface area (Å²) in [6.07, 6.45) is -3.19. The first kappa shape index (κ1) is 24.5. The second-order valence-electron chi connectivity index (χ2n) is 6.63. The van der Waals surface area contributed by atoms with Crippen LogP contribution in [0, 0.1) is 0 Å². The van der Waals surface area contributed by atoms with Crippen LogP contribution in [0.25, 0.3) is 0 Å². The number of anilines is 2. The van der Waals surface area contributed by atoms with Crippen LogP contribution >= 0.6 is 23.2 Å². The number of benzene rings is 1. The van der Waals surface area contributed by atoms with E-state index < -0.39 is 30.0 Å². The quantitative estimate of drug-likeness (QED) is 0.197. The molecule has 2 heterocycles. The fourth-order valence-electron chi connectivity index (χ4n) is 2.94. The molecular weight excluding hydrogens is 486 g/mol. The van der Waals surface area contributed by atoms with Gasteiger partial charge in [0, 0.05) is 23.8 Å². The Balaban J connectivity index is 2.01. The summed E-state index contributed by atoms with van der Waals surface area (Å²) >= 11 is 12.0. The topological polar surface area (TPSA) is 132 Å². The predicted molar refractivity (Wildman–Crippen MR) is 116 cm³/mol. The molecule has 0 bridgehead atoms. The monoisotopic (exact) mass is 501 g/mol. The van der Waals surface area contributed by atoms with E-state index in [0.717, 1.165) is 0 Å². The highest BCUT2D eigenvalue weighted by atomic mass is 35.5. The second kappa shape index (κ2) is 9.75. The van der Waals surface area contributed by atoms with Gasteiger partial charge in [-0.3, -0.25) is 19.3 Å². The van der Waals surface area contributed by atoms with E-state index in [1.807, 2.05) is 0 Å². The lowest BCUT2D eigenvalue weighted by atomic mass is 10.1. The number of hydrazine groups is 1. The lowest BCUT2D eigenvalue weighted by Crippen LogP contribution is -2.30. The number of nitrogens with one attached hydrogen (secondary N) is 1. The van der Waals surface area contributed by atoms with Gasteiger partial charge < -0.3 is 11.1 Å². The molecule has 0 aliphatic heterocycles. The minimum Gasteiger partial charge on any atom is -0.326 e. The second-order valence-corrected chi connectivity index (χ2v) is 7.48. The Morgan fingerprint density at radius 1 is 1.27 bits per heavy atom. The van der Waals surface area contributed by atoms with Crippen LogP contribution in [0.3, 0.4) is 0 Å². The zero-order valence-electron chi connectivity index (χ0n) is 16.6. The zero-order chi connectivity index (χ0) is 24.3. The molecule has 0 spiro atoms. The maximum absolute atomic E-state index is 13.6. The van der Waals surface area contributed by atoms with Crippen molar-refractivity contribution in [2.45, 2.75) is 19.3 Å². The smallest absolute Gasteiger partial charge is 0.326 e. The minimum absolute atomic E-state index is 0.00243. The first-order valence-electron chi connectivity index (χ1n) is 9.12. The van der Waals surface area contributed by atoms with Gasteiger partial charge in [-0.2, -0.15) is 18.3 Å². The number of nitrogens with zero attached hydrogens (tertiary/aromatic N) is 4. The number of carbonyl (C=O) groups excluding carboxylic acids is 2. The van der Waals surface area contributed by atoms with Gasteiger partial charge in [-0.25, -0.2) is 10.9 Å². The van der Waals surface area contributed by atoms with E-state index in [4.69, 9.17) is 34.8 Å². The summed E-state index contributed by atoms with van der Waals surface area (Å²) in [5, 5.41) is 7.17. The number of aromatic nitrogens is 3. The summed E-state index contributed by atoms with van der Waals surface area (Å²) in [4.78, 5) is 27.9. The number of carbonyl (C=O) groups is 2. The molecule has 1 aromatic carbocycles. The summed E-state index contributed by atoms with van der Waals surface area (Å²) in [6.45, 7) is -0.542. The van der Waals surface area contributed by atoms with Crippen LogP contribution < -0.4 is 21.9 Å². The number of amides is 2. The van der Waals surface area contributed by atoms with Gasteiger partial charge in [0.2, 0.25) is 6.41 Å². The molecule has 174 valence electrons. The largest absolute Gasteiger partial charge is 0.433 e. The summed E-state index contributed by atoms with van der Waals surface area (Å²) in [7, 11) is 0. The fourth-order valence-corrected chi connectivity index (χ4v) is 3.36. The van der Waals surface area contributed by atoms with Crippen LogP contribution in [-0.2, 0) is 24.1 Å². The predicted octanol–water partition coefficient (Wildman–Crippen LogP) is 3.20. The fraction of sp³-hybridized carbons (Fsp3) is 0.158. The van der Waals surface area contributed by atoms with Crippen molar-refractivity contribution in [1.82, 2.24) is 14.8 Å². The van der Waals surface area contributed by atoms with E-state index in [0.29, 0.717) is 21.3 Å². The molecule has 3 rings (SSSR count). The van der Waals surface area contributed by atoms with Gasteiger partial charge in [0.25, 0.3) is 5.91 Å². The summed E-state index contributed by atoms with van der Waals surface area (Å²) < 4.78 is 41.4. The molecule has 0 saturated heterocycles. The molecule has 0 aliphatic carbocycles. The van der Waals surface area contributed by atoms with Crippen LogP contribution in [0.5, 0.6) is 0 Å². The molecule has 2 aromatic heterocycles. The minimum atomic E-state index is -4.81. The Labute approximate surface area is 195 Å². The van der Waals surface area contributed by atoms with Crippen molar-refractivity contribution in [2.24, 2.45) is 11.6 Å². The van der Waals surface area contributed by atoms with Crippen LogP contribution in [0.1, 0.15) is 27.4 Å². The normalized spacial score (nSPS) is 11.4. The van der Waals surface area contributed by atoms with Gasteiger partial charge in [-0.1, -0.05) is 23.2 Å². The van der Waals surface area contributed by atoms with E-state index >= 15 is 0 Å². The van der Waals surface area contributed by atoms with Crippen molar-refractivity contribution in [3.8, 4) is 0 Å². The zero-order valence-corrected chi connectivity index (χ0v) is 18.1. The molecule has 33 heavy (non-hydrogen) atoms. The number of nitrogens with two attached hydrogens (primary N) is 2. The Kier molecular flexibility index (Phi) is 7.22. The van der Waals surface area contributed by atoms with Crippen molar-refractivity contribution in [1.29, 1.82) is 0 Å². The average molecular weight is 502 g/mol. The number of rotatable bonds is 7. The van der Waals surface area contributed by atoms with Crippen molar-refractivity contribution >= 4 is 46.9 Å². The summed E-state index contributed by atoms with van der Waals surface area (Å²) in [5.74, 6) is 4.62. The third-order valence-electron chi connectivity index (χ3n) is 4.45. The van der Waals surface area contributed by atoms with Gasteiger partial charge in [0.05, 0.1) is 28.6 Å². The molecule has 14 heteroatoms. The highest BCUT2D eigenvalue weighted by Crippen LogP contribution is 2.34. The number of hydrogen-bond acceptors (Lipinski definition) is 6. The molecule has 9 nitrogen and oxygen atoms in total. The first-order chi connectivity index (χ1) is 15.5. The van der Waals surface area contributed by atoms with Gasteiger partial charge >= 0.3 is 6.18 Å². The maximum Gasteiger partial charge on any atom is 0.433 e. The van der Waals surface area contributed by atoms with E-state index in [1.165, 1.54) is 30.5 Å². The van der Waals surface area contributed by atoms with Crippen molar-refractivity contribution < 1.29 is 22.8 Å². The Bertz CT molecular complexity index is 1200. The highest BCUT2D eigenvalue weighted by molar-refractivity contribution is 6.31. The summed E-state index contributed by atoms with van der Waals surface area (Å²) in [6, 6.07) is 6.28. The highest BCUT2D eigenvalue weighted by Gasteiger charge is 2.37. The van der Waals surface area contributed by atoms with Crippen LogP contribution in [0.15, 0.2) is 36.5 Å². The van der Waals surface area contributed by atoms with Crippen LogP contribution in [-0.4, -0.2) is 27.1 Å². The Hall–Kier alpha value is -3.19. The van der Waals surface area contributed by atoms with Gasteiger partial charge in [-0.15, -0.1) is 0 Å². The molecule has 0 aliphatic rings. The Morgan fingerprint density at radius 2 is 2.00 bits per heavy atom. The van der Waals surface area contributed by atoms with Crippen LogP contribution in [0.4, 0.5) is 24.5 Å². The van der Waals surface area contributed by atoms with E-state index in [-0.39, 0.29) is 40.1 Å². The standard InChI is InChI=1S/C19H16Cl2F3N7O2/c20-11-4-10(7-25)17(15(5-11)30(26)9-32)28-18(33)13-6-16(19(22,23)24)31(29-13)8-14-12(21)2-1-3-27-14/h1-6,9H,7-8,25-26H2,(H,28,33). The first-order valence-corrected chi connectivity index (χ1v) is 9.88. The number of halogens is 5. The average Bonchev–Trinajstić information content (AvgIpc) is 3.20. The molecular formula is C19H16Cl2F3N7O2. The van der Waals surface area contributed by atoms with Crippen molar-refractivity contribution in [3.63, 3.8) is 0 Å². The van der Waals surface area contributed by atoms with E-state index in [9.17, 15) is 22.8 Å². The molecule has 0 radical (unpaired) electrons. The SMILES string of the molecule is NCc1cc(Cl)cc(N(N)C=O)c1NC(=O)c1cc(C(F)(F)F)n(Cc2ncccc2Cl)n1. The van der Waals surface area contributed by atoms with Crippen molar-refractivity contribution in [2.75, 3.05) is 10.3 Å². The molecule has 0 fully saturated rings. The molecule has 0 atom stereocenters. The number of hydrogen-bond donors (Lipinski definition) is 3. The lowest BCUT2D eigenvalue weighted by molar-refractivity contribution is -0.144. The van der Waals surface area contributed by atoms with Gasteiger partial charge in [-0.05, 0) is 29.8 Å². The van der Waals surface area contributed by atoms with Crippen LogP contribution in [0.2, 0.25) is 10.0 Å². The van der Waals surface area contributed by atoms with E-state index in [1.54, 1.807) is 0 Å². The lowest BCUT2D eigenvalue weighted by Gasteiger charge is -2.19. The number of alkyl halides is 3. The van der Waals surface area contributed by atoms with Gasteiger partial charge in [0.1, 0.15) is 5.69 Å². The van der Waals surface area contributed by atoms with E-state index in [2.05, 4.69) is 15.4 Å². The van der Waals surface area contributed by atoms with Gasteiger partial charge in [0.15, 0.2) is 5.69 Å². The summed E-state index contributed by atoms with van der Waals surface area (Å²) in [5.41, 5.74) is 4.36. The third-order valence-corrected chi connectivity index (χ3v) is 5.01. The third kappa shape index (κ3) is 5.42. The maximum atomic E-state index is 13.6. The van der Waals surface area contributed by atoms with Crippen molar-refractivity contribution in [3.05, 3.63) is 69.2 Å². The molecule has 0 saturated carbocycles.